The SMILES string of the molecule is C.CC.CC(=O)O.Cc1ccccc1.Cc1ccccc1.Cc1nc2ccccc2s1.O=S(=O)=O. The van der Waals surface area contributed by atoms with E-state index in [-0.39, 0.29) is 7.43 Å². The molecule has 4 rings (SSSR count). The molecule has 3 aromatic carbocycles. The molecule has 0 aliphatic carbocycles. The molecule has 0 saturated heterocycles. The zero-order valence-electron chi connectivity index (χ0n) is 20.4. The first-order valence-corrected chi connectivity index (χ1v) is 12.2. The van der Waals surface area contributed by atoms with Gasteiger partial charge in [-0.3, -0.25) is 4.79 Å². The van der Waals surface area contributed by atoms with E-state index in [2.05, 4.69) is 49.2 Å². The highest BCUT2D eigenvalue weighted by molar-refractivity contribution is 7.59. The van der Waals surface area contributed by atoms with E-state index < -0.39 is 16.6 Å². The van der Waals surface area contributed by atoms with Crippen LogP contribution >= 0.6 is 11.3 Å². The van der Waals surface area contributed by atoms with Crippen LogP contribution in [-0.2, 0) is 15.4 Å². The number of thiazole rings is 1. The second-order valence-corrected chi connectivity index (χ2v) is 7.88. The monoisotopic (exact) mass is 519 g/mol. The first-order chi connectivity index (χ1) is 16.1. The highest BCUT2D eigenvalue weighted by Gasteiger charge is 1.95. The van der Waals surface area contributed by atoms with Crippen LogP contribution in [0.2, 0.25) is 0 Å². The lowest BCUT2D eigenvalue weighted by Crippen LogP contribution is -1.78. The van der Waals surface area contributed by atoms with Gasteiger partial charge < -0.3 is 5.11 Å². The summed E-state index contributed by atoms with van der Waals surface area (Å²) in [6, 6.07) is 28.7. The number of carboxylic acids is 1. The molecule has 8 heteroatoms. The van der Waals surface area contributed by atoms with Gasteiger partial charge in [0.2, 0.25) is 0 Å². The maximum atomic E-state index is 9.00. The van der Waals surface area contributed by atoms with Gasteiger partial charge in [0.25, 0.3) is 5.97 Å². The molecule has 0 spiro atoms. The minimum Gasteiger partial charge on any atom is -0.481 e. The number of aryl methyl sites for hydroxylation is 3. The third kappa shape index (κ3) is 25.1. The topological polar surface area (TPSA) is 101 Å². The highest BCUT2D eigenvalue weighted by atomic mass is 32.2. The number of rotatable bonds is 0. The Hall–Kier alpha value is -3.36. The van der Waals surface area contributed by atoms with Crippen LogP contribution in [0.25, 0.3) is 10.2 Å². The molecule has 0 fully saturated rings. The lowest BCUT2D eigenvalue weighted by Gasteiger charge is -1.82. The molecular weight excluding hydrogens is 482 g/mol. The largest absolute Gasteiger partial charge is 0.481 e. The Bertz CT molecular complexity index is 1060. The Balaban J connectivity index is -0.000000372. The summed E-state index contributed by atoms with van der Waals surface area (Å²) in [5, 5.41) is 8.56. The number of carbonyl (C=O) groups is 1. The summed E-state index contributed by atoms with van der Waals surface area (Å²) in [6.07, 6.45) is 0. The molecule has 6 nitrogen and oxygen atoms in total. The number of hydrogen-bond donors (Lipinski definition) is 1. The van der Waals surface area contributed by atoms with E-state index in [0.29, 0.717) is 0 Å². The smallest absolute Gasteiger partial charge is 0.425 e. The minimum atomic E-state index is -3.11. The summed E-state index contributed by atoms with van der Waals surface area (Å²) in [4.78, 5) is 13.3. The molecule has 0 unspecified atom stereocenters. The predicted octanol–water partition coefficient (Wildman–Crippen LogP) is 7.34. The van der Waals surface area contributed by atoms with Crippen molar-refractivity contribution in [2.75, 3.05) is 0 Å². The number of aromatic nitrogens is 1. The summed E-state index contributed by atoms with van der Waals surface area (Å²) in [5.41, 5.74) is 3.76. The number of carboxylic acid groups (broad SMARTS) is 1. The van der Waals surface area contributed by atoms with Crippen molar-refractivity contribution in [2.45, 2.75) is 49.0 Å². The van der Waals surface area contributed by atoms with E-state index in [1.807, 2.05) is 75.4 Å². The van der Waals surface area contributed by atoms with Crippen molar-refractivity contribution < 1.29 is 22.5 Å². The Morgan fingerprint density at radius 2 is 1.06 bits per heavy atom. The van der Waals surface area contributed by atoms with E-state index in [9.17, 15) is 0 Å². The molecule has 0 aliphatic rings. The molecule has 0 amide bonds. The van der Waals surface area contributed by atoms with Crippen LogP contribution in [0.15, 0.2) is 84.9 Å². The van der Waals surface area contributed by atoms with Gasteiger partial charge in [0, 0.05) is 6.92 Å². The number of fused-ring (bicyclic) bond motifs is 1. The summed E-state index contributed by atoms with van der Waals surface area (Å²) in [7, 11) is -3.11. The maximum Gasteiger partial charge on any atom is 0.425 e. The maximum absolute atomic E-state index is 9.00. The third-order valence-corrected chi connectivity index (χ3v) is 4.23. The summed E-state index contributed by atoms with van der Waals surface area (Å²) in [6.45, 7) is 11.3. The summed E-state index contributed by atoms with van der Waals surface area (Å²) < 4.78 is 26.6. The minimum absolute atomic E-state index is 0. The summed E-state index contributed by atoms with van der Waals surface area (Å²) >= 11 is 1.74. The molecule has 1 N–H and O–H groups in total. The average molecular weight is 520 g/mol. The average Bonchev–Trinajstić information content (AvgIpc) is 3.16. The fourth-order valence-electron chi connectivity index (χ4n) is 2.06. The number of para-hydroxylation sites is 1. The van der Waals surface area contributed by atoms with Gasteiger partial charge in [0.05, 0.1) is 15.2 Å². The zero-order valence-corrected chi connectivity index (χ0v) is 22.1. The number of aliphatic carboxylic acids is 1. The first kappa shape index (κ1) is 36.2. The zero-order chi connectivity index (χ0) is 26.4. The second-order valence-electron chi connectivity index (χ2n) is 6.23. The van der Waals surface area contributed by atoms with Crippen LogP contribution in [0.3, 0.4) is 0 Å². The van der Waals surface area contributed by atoms with Gasteiger partial charge in [0.15, 0.2) is 0 Å². The molecular formula is C27H37NO5S2. The van der Waals surface area contributed by atoms with Crippen molar-refractivity contribution in [2.24, 2.45) is 0 Å². The van der Waals surface area contributed by atoms with Gasteiger partial charge in [-0.05, 0) is 32.9 Å². The predicted molar refractivity (Wildman–Crippen MR) is 148 cm³/mol. The van der Waals surface area contributed by atoms with E-state index in [1.165, 1.54) is 15.8 Å². The molecule has 192 valence electrons. The molecule has 0 aliphatic heterocycles. The highest BCUT2D eigenvalue weighted by Crippen LogP contribution is 2.19. The molecule has 1 aromatic heterocycles. The van der Waals surface area contributed by atoms with Gasteiger partial charge in [-0.25, -0.2) is 4.98 Å². The standard InChI is InChI=1S/C8H7NS.2C7H8.C2H4O2.C2H6.CH4.O3S/c1-6-9-7-4-2-3-5-8(7)10-6;2*1-7-5-3-2-4-6-7;1-2(3)4;1-2;;1-4(2)3/h2-5H,1H3;2*2-6H,1H3;1H3,(H,3,4);1-2H3;1H4;. The van der Waals surface area contributed by atoms with E-state index in [0.717, 1.165) is 17.4 Å². The first-order valence-electron chi connectivity index (χ1n) is 10.4. The van der Waals surface area contributed by atoms with Crippen molar-refractivity contribution in [1.29, 1.82) is 0 Å². The van der Waals surface area contributed by atoms with Crippen LogP contribution in [0, 0.1) is 20.8 Å². The Kier molecular flexibility index (Phi) is 24.6. The van der Waals surface area contributed by atoms with Crippen molar-refractivity contribution in [1.82, 2.24) is 4.98 Å². The van der Waals surface area contributed by atoms with E-state index >= 15 is 0 Å². The Morgan fingerprint density at radius 1 is 0.743 bits per heavy atom. The molecule has 4 aromatic rings. The molecule has 0 bridgehead atoms. The van der Waals surface area contributed by atoms with E-state index in [1.54, 1.807) is 11.3 Å². The molecule has 0 radical (unpaired) electrons. The second kappa shape index (κ2) is 23.8. The Morgan fingerprint density at radius 3 is 1.34 bits per heavy atom. The normalized spacial score (nSPS) is 8.06. The van der Waals surface area contributed by atoms with Crippen molar-refractivity contribution in [3.63, 3.8) is 0 Å². The van der Waals surface area contributed by atoms with Gasteiger partial charge in [-0.15, -0.1) is 24.0 Å². The number of nitrogens with zero attached hydrogens (tertiary/aromatic N) is 1. The van der Waals surface area contributed by atoms with Gasteiger partial charge in [0.1, 0.15) is 0 Å². The Labute approximate surface area is 215 Å². The lowest BCUT2D eigenvalue weighted by molar-refractivity contribution is -0.134. The quantitative estimate of drug-likeness (QED) is 0.261. The van der Waals surface area contributed by atoms with Crippen LogP contribution in [0.4, 0.5) is 0 Å². The van der Waals surface area contributed by atoms with Gasteiger partial charge in [-0.1, -0.05) is 105 Å². The molecule has 0 saturated carbocycles. The number of benzene rings is 3. The third-order valence-electron chi connectivity index (χ3n) is 3.28. The van der Waals surface area contributed by atoms with Crippen LogP contribution in [-0.4, -0.2) is 28.7 Å². The summed E-state index contributed by atoms with van der Waals surface area (Å²) in [5.74, 6) is -0.833. The van der Waals surface area contributed by atoms with Crippen LogP contribution in [0.1, 0.15) is 44.3 Å². The van der Waals surface area contributed by atoms with E-state index in [4.69, 9.17) is 22.5 Å². The molecule has 1 heterocycles. The van der Waals surface area contributed by atoms with Crippen LogP contribution < -0.4 is 0 Å². The van der Waals surface area contributed by atoms with Gasteiger partial charge in [-0.2, -0.15) is 0 Å². The van der Waals surface area contributed by atoms with Gasteiger partial charge >= 0.3 is 10.6 Å². The fourth-order valence-corrected chi connectivity index (χ4v) is 2.88. The van der Waals surface area contributed by atoms with Crippen molar-refractivity contribution >= 4 is 38.1 Å². The molecule has 35 heavy (non-hydrogen) atoms. The molecule has 0 atom stereocenters. The number of hydrogen-bond acceptors (Lipinski definition) is 6. The lowest BCUT2D eigenvalue weighted by atomic mass is 10.2. The fraction of sp³-hybridized carbons (Fsp3) is 0.259. The van der Waals surface area contributed by atoms with Crippen LogP contribution in [0.5, 0.6) is 0 Å². The van der Waals surface area contributed by atoms with Crippen molar-refractivity contribution in [3.8, 4) is 0 Å². The van der Waals surface area contributed by atoms with Crippen molar-refractivity contribution in [3.05, 3.63) is 101 Å².